The zero-order chi connectivity index (χ0) is 13.7. The number of aldehydes is 2. The average molecular weight is 260 g/mol. The van der Waals surface area contributed by atoms with E-state index in [4.69, 9.17) is 9.84 Å². The maximum atomic E-state index is 13.0. The van der Waals surface area contributed by atoms with E-state index in [0.717, 1.165) is 0 Å². The van der Waals surface area contributed by atoms with Gasteiger partial charge in [0.25, 0.3) is 5.56 Å². The quantitative estimate of drug-likeness (QED) is 0.568. The van der Waals surface area contributed by atoms with Gasteiger partial charge in [-0.1, -0.05) is 0 Å². The molecule has 0 saturated heterocycles. The number of carbonyl (C=O) groups is 2. The van der Waals surface area contributed by atoms with Crippen LogP contribution in [0.4, 0.5) is 4.39 Å². The number of aliphatic hydroxyl groups excluding tert-OH is 1. The summed E-state index contributed by atoms with van der Waals surface area (Å²) in [6.45, 7) is -0.714. The topological polar surface area (TPSA) is 118 Å². The van der Waals surface area contributed by atoms with Crippen molar-refractivity contribution in [2.24, 2.45) is 0 Å². The van der Waals surface area contributed by atoms with Crippen molar-refractivity contribution in [1.82, 2.24) is 9.55 Å². The number of nitrogens with one attached hydrogen (secondary N) is 1. The van der Waals surface area contributed by atoms with Gasteiger partial charge in [-0.05, 0) is 0 Å². The van der Waals surface area contributed by atoms with Crippen molar-refractivity contribution in [3.8, 4) is 0 Å². The first-order chi connectivity index (χ1) is 8.53. The van der Waals surface area contributed by atoms with Crippen LogP contribution in [0.2, 0.25) is 0 Å². The number of halogens is 1. The minimum atomic E-state index is -1.63. The fraction of sp³-hybridized carbons (Fsp3) is 0.333. The molecule has 8 nitrogen and oxygen atoms in total. The van der Waals surface area contributed by atoms with Crippen LogP contribution in [-0.4, -0.2) is 39.9 Å². The number of ether oxygens (including phenoxy) is 1. The van der Waals surface area contributed by atoms with E-state index in [2.05, 4.69) is 0 Å². The molecule has 1 aromatic heterocycles. The molecule has 1 aromatic rings. The van der Waals surface area contributed by atoms with E-state index >= 15 is 0 Å². The van der Waals surface area contributed by atoms with E-state index in [9.17, 15) is 23.6 Å². The summed E-state index contributed by atoms with van der Waals surface area (Å²) < 4.78 is 18.2. The Hall–Kier alpha value is -2.13. The summed E-state index contributed by atoms with van der Waals surface area (Å²) in [5, 5.41) is 8.69. The number of hydrogen-bond donors (Lipinski definition) is 2. The van der Waals surface area contributed by atoms with Gasteiger partial charge in [-0.25, -0.2) is 4.79 Å². The molecule has 9 heteroatoms. The van der Waals surface area contributed by atoms with Crippen LogP contribution in [-0.2, 0) is 14.3 Å². The highest BCUT2D eigenvalue weighted by Crippen LogP contribution is 2.05. The number of aromatic nitrogens is 2. The normalized spacial score (nSPS) is 13.9. The third-order valence-electron chi connectivity index (χ3n) is 1.96. The van der Waals surface area contributed by atoms with Crippen LogP contribution in [0.25, 0.3) is 0 Å². The number of hydrogen-bond acceptors (Lipinski definition) is 6. The van der Waals surface area contributed by atoms with E-state index in [1.54, 1.807) is 4.98 Å². The van der Waals surface area contributed by atoms with E-state index in [0.29, 0.717) is 10.8 Å². The third-order valence-corrected chi connectivity index (χ3v) is 1.96. The molecule has 0 radical (unpaired) electrons. The van der Waals surface area contributed by atoms with Gasteiger partial charge in [-0.3, -0.25) is 19.1 Å². The molecule has 2 unspecified atom stereocenters. The Kier molecular flexibility index (Phi) is 4.63. The number of aromatic amines is 1. The lowest BCUT2D eigenvalue weighted by Crippen LogP contribution is -2.37. The Labute approximate surface area is 98.6 Å². The van der Waals surface area contributed by atoms with Gasteiger partial charge in [-0.2, -0.15) is 4.39 Å². The maximum absolute atomic E-state index is 13.0. The molecule has 1 rings (SSSR count). The van der Waals surface area contributed by atoms with Gasteiger partial charge in [0.15, 0.2) is 18.8 Å². The molecule has 18 heavy (non-hydrogen) atoms. The van der Waals surface area contributed by atoms with E-state index in [1.807, 2.05) is 0 Å². The van der Waals surface area contributed by atoms with Gasteiger partial charge in [0, 0.05) is 0 Å². The van der Waals surface area contributed by atoms with Gasteiger partial charge >= 0.3 is 5.69 Å². The molecular formula is C9H9FN2O6. The van der Waals surface area contributed by atoms with Crippen LogP contribution in [0.15, 0.2) is 15.8 Å². The number of nitrogens with zero attached hydrogens (tertiary/aromatic N) is 1. The smallest absolute Gasteiger partial charge is 0.330 e. The first kappa shape index (κ1) is 13.9. The summed E-state index contributed by atoms with van der Waals surface area (Å²) in [7, 11) is 0. The Balaban J connectivity index is 3.13. The van der Waals surface area contributed by atoms with Gasteiger partial charge in [0.2, 0.25) is 5.82 Å². The van der Waals surface area contributed by atoms with Gasteiger partial charge in [0.05, 0.1) is 12.8 Å². The number of rotatable bonds is 6. The van der Waals surface area contributed by atoms with Gasteiger partial charge in [0.1, 0.15) is 6.10 Å². The van der Waals surface area contributed by atoms with Crippen LogP contribution in [0.3, 0.4) is 0 Å². The highest BCUT2D eigenvalue weighted by molar-refractivity contribution is 5.58. The van der Waals surface area contributed by atoms with Crippen LogP contribution < -0.4 is 11.2 Å². The van der Waals surface area contributed by atoms with Gasteiger partial charge in [-0.15, -0.1) is 0 Å². The molecule has 0 aliphatic rings. The standard InChI is InChI=1S/C9H9FN2O6/c10-6-1-12(9(17)11-8(6)16)7(4-15)18-5(2-13)3-14/h1-2,4-5,7,14H,3H2,(H,11,16,17). The highest BCUT2D eigenvalue weighted by atomic mass is 19.1. The first-order valence-electron chi connectivity index (χ1n) is 4.71. The summed E-state index contributed by atoms with van der Waals surface area (Å²) >= 11 is 0. The molecule has 0 fully saturated rings. The molecule has 98 valence electrons. The van der Waals surface area contributed by atoms with Crippen molar-refractivity contribution < 1.29 is 23.8 Å². The maximum Gasteiger partial charge on any atom is 0.330 e. The van der Waals surface area contributed by atoms with Crippen LogP contribution in [0.1, 0.15) is 6.23 Å². The molecular weight excluding hydrogens is 251 g/mol. The van der Waals surface area contributed by atoms with Crippen LogP contribution in [0.5, 0.6) is 0 Å². The summed E-state index contributed by atoms with van der Waals surface area (Å²) in [5.41, 5.74) is -2.32. The molecule has 0 saturated carbocycles. The Morgan fingerprint density at radius 3 is 2.61 bits per heavy atom. The molecule has 0 spiro atoms. The van der Waals surface area contributed by atoms with Crippen molar-refractivity contribution in [2.45, 2.75) is 12.3 Å². The van der Waals surface area contributed by atoms with Crippen molar-refractivity contribution in [3.63, 3.8) is 0 Å². The minimum Gasteiger partial charge on any atom is -0.393 e. The molecule has 2 N–H and O–H groups in total. The lowest BCUT2D eigenvalue weighted by atomic mass is 10.4. The second-order valence-corrected chi connectivity index (χ2v) is 3.16. The van der Waals surface area contributed by atoms with Gasteiger partial charge < -0.3 is 14.6 Å². The van der Waals surface area contributed by atoms with Crippen molar-refractivity contribution in [2.75, 3.05) is 6.61 Å². The predicted octanol–water partition coefficient (Wildman–Crippen LogP) is -2.05. The molecule has 0 bridgehead atoms. The monoisotopic (exact) mass is 260 g/mol. The SMILES string of the molecule is O=CC(CO)OC(C=O)n1cc(F)c(=O)[nH]c1=O. The summed E-state index contributed by atoms with van der Waals surface area (Å²) in [5.74, 6) is -1.29. The molecule has 2 atom stereocenters. The molecule has 0 aromatic carbocycles. The van der Waals surface area contributed by atoms with Crippen molar-refractivity contribution in [3.05, 3.63) is 32.9 Å². The third kappa shape index (κ3) is 2.96. The van der Waals surface area contributed by atoms with E-state index < -0.39 is 36.0 Å². The molecule has 0 aliphatic carbocycles. The lowest BCUT2D eigenvalue weighted by molar-refractivity contribution is -0.140. The summed E-state index contributed by atoms with van der Waals surface area (Å²) in [6, 6.07) is 0. The number of aliphatic hydroxyl groups is 1. The number of carbonyl (C=O) groups excluding carboxylic acids is 2. The predicted molar refractivity (Wildman–Crippen MR) is 54.4 cm³/mol. The second kappa shape index (κ2) is 5.98. The first-order valence-corrected chi connectivity index (χ1v) is 4.71. The Bertz CT molecular complexity index is 551. The van der Waals surface area contributed by atoms with Crippen molar-refractivity contribution in [1.29, 1.82) is 0 Å². The fourth-order valence-electron chi connectivity index (χ4n) is 1.11. The van der Waals surface area contributed by atoms with Crippen LogP contribution >= 0.6 is 0 Å². The Morgan fingerprint density at radius 2 is 2.11 bits per heavy atom. The highest BCUT2D eigenvalue weighted by Gasteiger charge is 2.19. The lowest BCUT2D eigenvalue weighted by Gasteiger charge is -2.17. The van der Waals surface area contributed by atoms with Crippen molar-refractivity contribution >= 4 is 12.6 Å². The van der Waals surface area contributed by atoms with E-state index in [-0.39, 0.29) is 12.6 Å². The molecule has 0 aliphatic heterocycles. The summed E-state index contributed by atoms with van der Waals surface area (Å²) in [6.07, 6.45) is -2.18. The van der Waals surface area contributed by atoms with E-state index in [1.165, 1.54) is 0 Å². The second-order valence-electron chi connectivity index (χ2n) is 3.16. The minimum absolute atomic E-state index is 0.116. The summed E-state index contributed by atoms with van der Waals surface area (Å²) in [4.78, 5) is 44.8. The Morgan fingerprint density at radius 1 is 1.44 bits per heavy atom. The fourth-order valence-corrected chi connectivity index (χ4v) is 1.11. The number of H-pyrrole nitrogens is 1. The zero-order valence-corrected chi connectivity index (χ0v) is 8.91. The molecule has 0 amide bonds. The zero-order valence-electron chi connectivity index (χ0n) is 8.91. The largest absolute Gasteiger partial charge is 0.393 e. The molecule has 1 heterocycles. The average Bonchev–Trinajstić information content (AvgIpc) is 2.36. The van der Waals surface area contributed by atoms with Crippen LogP contribution in [0, 0.1) is 5.82 Å².